The van der Waals surface area contributed by atoms with Gasteiger partial charge in [0.2, 0.25) is 5.91 Å². The largest absolute Gasteiger partial charge is 0.507 e. The Kier molecular flexibility index (Phi) is 7.20. The maximum Gasteiger partial charge on any atom is 0.338 e. The number of unbranched alkanes of at least 4 members (excludes halogenated alkanes) is 1. The van der Waals surface area contributed by atoms with Crippen molar-refractivity contribution in [2.75, 3.05) is 33.1 Å². The van der Waals surface area contributed by atoms with E-state index in [2.05, 4.69) is 15.0 Å². The minimum Gasteiger partial charge on any atom is -0.507 e. The third-order valence-corrected chi connectivity index (χ3v) is 4.18. The highest BCUT2D eigenvalue weighted by Crippen LogP contribution is 2.29. The molecule has 28 heavy (non-hydrogen) atoms. The third kappa shape index (κ3) is 5.60. The molecule has 8 nitrogen and oxygen atoms in total. The Labute approximate surface area is 164 Å². The van der Waals surface area contributed by atoms with Crippen molar-refractivity contribution in [3.05, 3.63) is 35.9 Å². The summed E-state index contributed by atoms with van der Waals surface area (Å²) in [7, 11) is 4.93. The predicted octanol–water partition coefficient (Wildman–Crippen LogP) is 2.32. The summed E-state index contributed by atoms with van der Waals surface area (Å²) in [6.07, 6.45) is 1.82. The number of esters is 1. The fourth-order valence-electron chi connectivity index (χ4n) is 2.61. The number of methoxy groups -OCH3 is 1. The summed E-state index contributed by atoms with van der Waals surface area (Å²) >= 11 is 0. The molecule has 0 unspecified atom stereocenters. The van der Waals surface area contributed by atoms with Crippen molar-refractivity contribution in [2.45, 2.75) is 19.3 Å². The Morgan fingerprint density at radius 3 is 2.64 bits per heavy atom. The Morgan fingerprint density at radius 1 is 1.21 bits per heavy atom. The van der Waals surface area contributed by atoms with E-state index < -0.39 is 5.97 Å². The first-order valence-corrected chi connectivity index (χ1v) is 8.94. The smallest absolute Gasteiger partial charge is 0.338 e. The van der Waals surface area contributed by atoms with Gasteiger partial charge >= 0.3 is 5.97 Å². The summed E-state index contributed by atoms with van der Waals surface area (Å²) in [5.74, 6) is -0.220. The molecule has 0 atom stereocenters. The number of rotatable bonds is 7. The molecule has 0 saturated carbocycles. The number of nitrogens with two attached hydrogens (primary N) is 1. The second-order valence-electron chi connectivity index (χ2n) is 6.56. The van der Waals surface area contributed by atoms with Crippen LogP contribution in [0.4, 0.5) is 5.69 Å². The number of fused-ring (bicyclic) bond motifs is 1. The van der Waals surface area contributed by atoms with Gasteiger partial charge in [-0.3, -0.25) is 9.79 Å². The number of ether oxygens (including phenoxy) is 1. The SMILES string of the molecule is COC(=O)c1cc(O)c2cc(NC(=O)CCCCN=C(N)N(C)C)ccc2c1. The van der Waals surface area contributed by atoms with Crippen molar-refractivity contribution in [3.63, 3.8) is 0 Å². The highest BCUT2D eigenvalue weighted by molar-refractivity contribution is 6.00. The maximum absolute atomic E-state index is 12.1. The van der Waals surface area contributed by atoms with Crippen molar-refractivity contribution in [3.8, 4) is 5.75 Å². The molecule has 2 aromatic carbocycles. The summed E-state index contributed by atoms with van der Waals surface area (Å²) in [5.41, 5.74) is 6.55. The molecule has 0 aliphatic heterocycles. The van der Waals surface area contributed by atoms with Crippen LogP contribution >= 0.6 is 0 Å². The topological polar surface area (TPSA) is 117 Å². The summed E-state index contributed by atoms with van der Waals surface area (Å²) in [6, 6.07) is 8.11. The average molecular weight is 386 g/mol. The van der Waals surface area contributed by atoms with Crippen LogP contribution in [0.25, 0.3) is 10.8 Å². The van der Waals surface area contributed by atoms with E-state index in [9.17, 15) is 14.7 Å². The summed E-state index contributed by atoms with van der Waals surface area (Å²) in [6.45, 7) is 0.573. The van der Waals surface area contributed by atoms with E-state index in [0.29, 0.717) is 41.8 Å². The highest BCUT2D eigenvalue weighted by Gasteiger charge is 2.11. The molecule has 0 bridgehead atoms. The summed E-state index contributed by atoms with van der Waals surface area (Å²) < 4.78 is 4.67. The molecule has 1 amide bonds. The molecule has 0 saturated heterocycles. The Balaban J connectivity index is 1.95. The number of carbonyl (C=O) groups excluding carboxylic acids is 2. The zero-order valence-corrected chi connectivity index (χ0v) is 16.4. The molecule has 150 valence electrons. The lowest BCUT2D eigenvalue weighted by atomic mass is 10.0. The lowest BCUT2D eigenvalue weighted by Crippen LogP contribution is -2.30. The van der Waals surface area contributed by atoms with Gasteiger partial charge in [0, 0.05) is 38.1 Å². The van der Waals surface area contributed by atoms with Gasteiger partial charge in [-0.15, -0.1) is 0 Å². The summed E-state index contributed by atoms with van der Waals surface area (Å²) in [5, 5.41) is 14.2. The molecule has 0 spiro atoms. The van der Waals surface area contributed by atoms with Crippen LogP contribution in [0, 0.1) is 0 Å². The van der Waals surface area contributed by atoms with Gasteiger partial charge in [0.25, 0.3) is 0 Å². The van der Waals surface area contributed by atoms with Crippen LogP contribution in [0.5, 0.6) is 5.75 Å². The number of hydrogen-bond donors (Lipinski definition) is 3. The molecule has 2 aromatic rings. The molecule has 0 aromatic heterocycles. The Morgan fingerprint density at radius 2 is 1.96 bits per heavy atom. The van der Waals surface area contributed by atoms with Gasteiger partial charge < -0.3 is 25.8 Å². The van der Waals surface area contributed by atoms with E-state index in [-0.39, 0.29) is 17.2 Å². The van der Waals surface area contributed by atoms with E-state index in [1.54, 1.807) is 29.2 Å². The Hall–Kier alpha value is -3.29. The van der Waals surface area contributed by atoms with E-state index >= 15 is 0 Å². The maximum atomic E-state index is 12.1. The van der Waals surface area contributed by atoms with E-state index in [1.165, 1.54) is 13.2 Å². The molecular formula is C20H26N4O4. The van der Waals surface area contributed by atoms with Crippen molar-refractivity contribution < 1.29 is 19.4 Å². The lowest BCUT2D eigenvalue weighted by Gasteiger charge is -2.10. The van der Waals surface area contributed by atoms with Crippen molar-refractivity contribution in [2.24, 2.45) is 10.7 Å². The lowest BCUT2D eigenvalue weighted by molar-refractivity contribution is -0.116. The third-order valence-electron chi connectivity index (χ3n) is 4.18. The van der Waals surface area contributed by atoms with Gasteiger partial charge in [-0.25, -0.2) is 4.79 Å². The number of nitrogens with one attached hydrogen (secondary N) is 1. The number of carbonyl (C=O) groups is 2. The minimum atomic E-state index is -0.522. The zero-order chi connectivity index (χ0) is 20.7. The van der Waals surface area contributed by atoms with Crippen LogP contribution in [0.1, 0.15) is 29.6 Å². The number of benzene rings is 2. The zero-order valence-electron chi connectivity index (χ0n) is 16.4. The van der Waals surface area contributed by atoms with Crippen LogP contribution in [0.2, 0.25) is 0 Å². The van der Waals surface area contributed by atoms with Crippen LogP contribution in [0.15, 0.2) is 35.3 Å². The Bertz CT molecular complexity index is 893. The average Bonchev–Trinajstić information content (AvgIpc) is 2.67. The number of hydrogen-bond acceptors (Lipinski definition) is 5. The quantitative estimate of drug-likeness (QED) is 0.291. The molecule has 0 heterocycles. The number of phenolic OH excluding ortho intramolecular Hbond substituents is 1. The number of nitrogens with zero attached hydrogens (tertiary/aromatic N) is 2. The highest BCUT2D eigenvalue weighted by atomic mass is 16.5. The van der Waals surface area contributed by atoms with Gasteiger partial charge in [-0.2, -0.15) is 0 Å². The molecule has 8 heteroatoms. The van der Waals surface area contributed by atoms with Gasteiger partial charge in [0.05, 0.1) is 12.7 Å². The molecule has 0 fully saturated rings. The fraction of sp³-hybridized carbons (Fsp3) is 0.350. The number of guanidine groups is 1. The number of anilines is 1. The van der Waals surface area contributed by atoms with Crippen LogP contribution < -0.4 is 11.1 Å². The summed E-state index contributed by atoms with van der Waals surface area (Å²) in [4.78, 5) is 29.7. The molecule has 2 rings (SSSR count). The van der Waals surface area contributed by atoms with Crippen molar-refractivity contribution >= 4 is 34.3 Å². The molecule has 0 radical (unpaired) electrons. The van der Waals surface area contributed by atoms with Gasteiger partial charge in [-0.05, 0) is 42.5 Å². The monoisotopic (exact) mass is 386 g/mol. The number of aliphatic imine (C=N–C) groups is 1. The first-order valence-electron chi connectivity index (χ1n) is 8.94. The van der Waals surface area contributed by atoms with Gasteiger partial charge in [0.15, 0.2) is 5.96 Å². The van der Waals surface area contributed by atoms with Crippen molar-refractivity contribution in [1.82, 2.24) is 4.90 Å². The van der Waals surface area contributed by atoms with Gasteiger partial charge in [-0.1, -0.05) is 6.07 Å². The van der Waals surface area contributed by atoms with E-state index in [0.717, 1.165) is 6.42 Å². The molecule has 0 aliphatic rings. The second kappa shape index (κ2) is 9.59. The molecule has 0 aliphatic carbocycles. The normalized spacial score (nSPS) is 11.3. The molecular weight excluding hydrogens is 360 g/mol. The number of aromatic hydroxyl groups is 1. The van der Waals surface area contributed by atoms with Crippen LogP contribution in [-0.4, -0.2) is 55.6 Å². The first-order chi connectivity index (χ1) is 13.3. The van der Waals surface area contributed by atoms with E-state index in [4.69, 9.17) is 5.73 Å². The van der Waals surface area contributed by atoms with Crippen LogP contribution in [0.3, 0.4) is 0 Å². The second-order valence-corrected chi connectivity index (χ2v) is 6.56. The minimum absolute atomic E-state index is 0.0506. The first kappa shape index (κ1) is 21.0. The number of phenols is 1. The fourth-order valence-corrected chi connectivity index (χ4v) is 2.61. The predicted molar refractivity (Wildman–Crippen MR) is 110 cm³/mol. The van der Waals surface area contributed by atoms with Crippen molar-refractivity contribution in [1.29, 1.82) is 0 Å². The van der Waals surface area contributed by atoms with Crippen LogP contribution in [-0.2, 0) is 9.53 Å². The van der Waals surface area contributed by atoms with E-state index in [1.807, 2.05) is 14.1 Å². The number of amides is 1. The van der Waals surface area contributed by atoms with Gasteiger partial charge in [0.1, 0.15) is 5.75 Å². The standard InChI is InChI=1S/C20H26N4O4/c1-24(2)20(21)22-9-5-4-6-18(26)23-15-8-7-13-10-14(19(27)28-3)11-17(25)16(13)12-15/h7-8,10-12,25H,4-6,9H2,1-3H3,(H2,21,22)(H,23,26). The molecule has 4 N–H and O–H groups in total.